The summed E-state index contributed by atoms with van der Waals surface area (Å²) in [5, 5.41) is 27.3. The summed E-state index contributed by atoms with van der Waals surface area (Å²) in [6.45, 7) is 0. The van der Waals surface area contributed by atoms with Gasteiger partial charge in [-0.05, 0) is 29.7 Å². The first-order chi connectivity index (χ1) is 21.2. The van der Waals surface area contributed by atoms with Crippen molar-refractivity contribution >= 4 is 23.7 Å². The number of H-pyrrole nitrogens is 2. The first-order valence-electron chi connectivity index (χ1n) is 13.8. The van der Waals surface area contributed by atoms with Crippen LogP contribution in [0.2, 0.25) is 0 Å². The fraction of sp³-hybridized carbons (Fsp3) is 0.267. The molecular formula is C30H34N8O6. The standard InChI is InChI=1S/C30H34N8O6/c31-23(10-18-4-2-1-3-5-18)27(40)36-25(12-20-14-32-16-34-20)29(42)37-24(11-19-6-8-22(39)9-7-19)28(41)38-26(30(43)44)13-21-15-33-17-35-21/h1-9,14-17,23-26,39H,10-13,31H2,(H,32,34)(H,33,35)(H,36,40)(H,37,42)(H,38,41)(H,43,44). The third kappa shape index (κ3) is 9.25. The molecule has 4 unspecified atom stereocenters. The predicted molar refractivity (Wildman–Crippen MR) is 158 cm³/mol. The van der Waals surface area contributed by atoms with E-state index in [1.54, 1.807) is 12.1 Å². The molecule has 0 radical (unpaired) electrons. The van der Waals surface area contributed by atoms with Crippen LogP contribution in [0.4, 0.5) is 0 Å². The maximum atomic E-state index is 13.7. The number of aromatic amines is 2. The lowest BCUT2D eigenvalue weighted by Crippen LogP contribution is -2.58. The fourth-order valence-corrected chi connectivity index (χ4v) is 4.50. The Balaban J connectivity index is 1.52. The highest BCUT2D eigenvalue weighted by atomic mass is 16.4. The molecule has 0 bridgehead atoms. The van der Waals surface area contributed by atoms with Crippen LogP contribution in [0.5, 0.6) is 5.75 Å². The van der Waals surface area contributed by atoms with Crippen LogP contribution in [0.25, 0.3) is 0 Å². The van der Waals surface area contributed by atoms with Crippen LogP contribution in [-0.4, -0.2) is 78.0 Å². The Kier molecular flexibility index (Phi) is 10.8. The molecule has 0 fully saturated rings. The molecule has 0 aliphatic rings. The van der Waals surface area contributed by atoms with Crippen molar-refractivity contribution in [3.63, 3.8) is 0 Å². The molecule has 14 nitrogen and oxygen atoms in total. The van der Waals surface area contributed by atoms with Crippen molar-refractivity contribution in [2.45, 2.75) is 49.9 Å². The number of aliphatic carboxylic acids is 1. The van der Waals surface area contributed by atoms with Crippen molar-refractivity contribution in [2.75, 3.05) is 0 Å². The lowest BCUT2D eigenvalue weighted by molar-refractivity contribution is -0.142. The van der Waals surface area contributed by atoms with Gasteiger partial charge in [-0.1, -0.05) is 42.5 Å². The number of benzene rings is 2. The van der Waals surface area contributed by atoms with Gasteiger partial charge < -0.3 is 41.9 Å². The van der Waals surface area contributed by atoms with Gasteiger partial charge in [-0.25, -0.2) is 14.8 Å². The van der Waals surface area contributed by atoms with E-state index in [9.17, 15) is 29.4 Å². The number of rotatable bonds is 15. The maximum absolute atomic E-state index is 13.7. The molecular weight excluding hydrogens is 568 g/mol. The quantitative estimate of drug-likeness (QED) is 0.0912. The molecule has 0 aliphatic carbocycles. The lowest BCUT2D eigenvalue weighted by Gasteiger charge is -2.25. The average molecular weight is 603 g/mol. The molecule has 230 valence electrons. The van der Waals surface area contributed by atoms with Crippen LogP contribution in [0, 0.1) is 0 Å². The largest absolute Gasteiger partial charge is 0.508 e. The minimum atomic E-state index is -1.32. The van der Waals surface area contributed by atoms with Crippen molar-refractivity contribution in [2.24, 2.45) is 5.73 Å². The van der Waals surface area contributed by atoms with Crippen molar-refractivity contribution < 1.29 is 29.4 Å². The zero-order valence-corrected chi connectivity index (χ0v) is 23.6. The molecule has 44 heavy (non-hydrogen) atoms. The summed E-state index contributed by atoms with van der Waals surface area (Å²) in [5.41, 5.74) is 8.63. The monoisotopic (exact) mass is 602 g/mol. The summed E-state index contributed by atoms with van der Waals surface area (Å²) in [6, 6.07) is 10.5. The second-order valence-electron chi connectivity index (χ2n) is 10.3. The first kappa shape index (κ1) is 31.4. The molecule has 0 aliphatic heterocycles. The van der Waals surface area contributed by atoms with E-state index in [1.165, 1.54) is 37.2 Å². The molecule has 0 saturated heterocycles. The van der Waals surface area contributed by atoms with E-state index >= 15 is 0 Å². The van der Waals surface area contributed by atoms with Gasteiger partial charge in [0.25, 0.3) is 0 Å². The highest BCUT2D eigenvalue weighted by Crippen LogP contribution is 2.13. The van der Waals surface area contributed by atoms with Crippen molar-refractivity contribution in [1.82, 2.24) is 35.9 Å². The molecule has 3 amide bonds. The van der Waals surface area contributed by atoms with Crippen molar-refractivity contribution in [1.29, 1.82) is 0 Å². The number of hydrogen-bond acceptors (Lipinski definition) is 8. The Labute approximate surface area is 252 Å². The topological polar surface area (TPSA) is 228 Å². The van der Waals surface area contributed by atoms with E-state index < -0.39 is 47.9 Å². The minimum Gasteiger partial charge on any atom is -0.508 e. The van der Waals surface area contributed by atoms with E-state index in [1.807, 2.05) is 30.3 Å². The number of phenols is 1. The number of amides is 3. The highest BCUT2D eigenvalue weighted by Gasteiger charge is 2.31. The SMILES string of the molecule is NC(Cc1ccccc1)C(=O)NC(Cc1cnc[nH]1)C(=O)NC(Cc1ccc(O)cc1)C(=O)NC(Cc1cnc[nH]1)C(=O)O. The molecule has 14 heteroatoms. The Bertz CT molecular complexity index is 1510. The Morgan fingerprint density at radius 1 is 0.682 bits per heavy atom. The lowest BCUT2D eigenvalue weighted by atomic mass is 10.0. The van der Waals surface area contributed by atoms with Crippen LogP contribution in [0.15, 0.2) is 79.6 Å². The summed E-state index contributed by atoms with van der Waals surface area (Å²) in [7, 11) is 0. The van der Waals surface area contributed by atoms with Crippen LogP contribution < -0.4 is 21.7 Å². The molecule has 0 saturated carbocycles. The van der Waals surface area contributed by atoms with Gasteiger partial charge >= 0.3 is 5.97 Å². The Morgan fingerprint density at radius 2 is 1.18 bits per heavy atom. The van der Waals surface area contributed by atoms with Crippen LogP contribution in [0.1, 0.15) is 22.5 Å². The smallest absolute Gasteiger partial charge is 0.326 e. The number of carbonyl (C=O) groups excluding carboxylic acids is 3. The van der Waals surface area contributed by atoms with Gasteiger partial charge in [0.05, 0.1) is 18.7 Å². The molecule has 4 rings (SSSR count). The molecule has 2 heterocycles. The number of imidazole rings is 2. The number of phenolic OH excluding ortho intramolecular Hbond substituents is 1. The molecule has 0 spiro atoms. The number of aromatic nitrogens is 4. The van der Waals surface area contributed by atoms with E-state index in [-0.39, 0.29) is 31.4 Å². The van der Waals surface area contributed by atoms with Crippen LogP contribution >= 0.6 is 0 Å². The number of nitrogens with zero attached hydrogens (tertiary/aromatic N) is 2. The number of nitrogens with two attached hydrogens (primary N) is 1. The van der Waals surface area contributed by atoms with Gasteiger partial charge in [-0.2, -0.15) is 0 Å². The zero-order valence-electron chi connectivity index (χ0n) is 23.6. The van der Waals surface area contributed by atoms with E-state index in [0.717, 1.165) is 5.56 Å². The van der Waals surface area contributed by atoms with Crippen LogP contribution in [0.3, 0.4) is 0 Å². The average Bonchev–Trinajstić information content (AvgIpc) is 3.72. The zero-order chi connectivity index (χ0) is 31.5. The number of hydrogen-bond donors (Lipinski definition) is 8. The minimum absolute atomic E-state index is 0.0125. The predicted octanol–water partition coefficient (Wildman–Crippen LogP) is -0.0247. The van der Waals surface area contributed by atoms with Gasteiger partial charge in [-0.15, -0.1) is 0 Å². The van der Waals surface area contributed by atoms with Gasteiger partial charge in [0.15, 0.2) is 0 Å². The number of carbonyl (C=O) groups is 4. The highest BCUT2D eigenvalue weighted by molar-refractivity contribution is 5.94. The first-order valence-corrected chi connectivity index (χ1v) is 13.8. The molecule has 2 aromatic carbocycles. The number of carboxylic acids is 1. The second kappa shape index (κ2) is 15.1. The van der Waals surface area contributed by atoms with E-state index in [2.05, 4.69) is 35.9 Å². The van der Waals surface area contributed by atoms with Crippen molar-refractivity contribution in [3.8, 4) is 5.75 Å². The molecule has 4 aromatic rings. The van der Waals surface area contributed by atoms with E-state index in [4.69, 9.17) is 5.73 Å². The molecule has 4 atom stereocenters. The molecule has 2 aromatic heterocycles. The van der Waals surface area contributed by atoms with Crippen LogP contribution in [-0.2, 0) is 44.9 Å². The number of aromatic hydroxyl groups is 1. The van der Waals surface area contributed by atoms with Gasteiger partial charge in [0.1, 0.15) is 23.9 Å². The Morgan fingerprint density at radius 3 is 1.73 bits per heavy atom. The number of nitrogens with one attached hydrogen (secondary N) is 5. The maximum Gasteiger partial charge on any atom is 0.326 e. The summed E-state index contributed by atoms with van der Waals surface area (Å²) >= 11 is 0. The second-order valence-corrected chi connectivity index (χ2v) is 10.3. The third-order valence-electron chi connectivity index (χ3n) is 6.85. The number of carboxylic acid groups (broad SMARTS) is 1. The summed E-state index contributed by atoms with van der Waals surface area (Å²) < 4.78 is 0. The summed E-state index contributed by atoms with van der Waals surface area (Å²) in [5.74, 6) is -3.29. The van der Waals surface area contributed by atoms with Gasteiger partial charge in [0, 0.05) is 43.0 Å². The molecule has 9 N–H and O–H groups in total. The van der Waals surface area contributed by atoms with Gasteiger partial charge in [-0.3, -0.25) is 14.4 Å². The van der Waals surface area contributed by atoms with Crippen molar-refractivity contribution in [3.05, 3.63) is 102 Å². The third-order valence-corrected chi connectivity index (χ3v) is 6.85. The van der Waals surface area contributed by atoms with Gasteiger partial charge in [0.2, 0.25) is 17.7 Å². The normalized spacial score (nSPS) is 13.7. The van der Waals surface area contributed by atoms with E-state index in [0.29, 0.717) is 17.0 Å². The summed E-state index contributed by atoms with van der Waals surface area (Å²) in [6.07, 6.45) is 5.92. The Hall–Kier alpha value is -5.50. The summed E-state index contributed by atoms with van der Waals surface area (Å²) in [4.78, 5) is 65.7. The fourth-order valence-electron chi connectivity index (χ4n) is 4.50.